The molecule has 5 N–H and O–H groups in total. The molecule has 4 atom stereocenters. The third-order valence-electron chi connectivity index (χ3n) is 1.94. The van der Waals surface area contributed by atoms with E-state index in [0.717, 1.165) is 0 Å². The number of aliphatic hydroxyl groups excluding tert-OH is 4. The lowest BCUT2D eigenvalue weighted by molar-refractivity contribution is -0.101. The second-order valence-corrected chi connectivity index (χ2v) is 2.75. The molecule has 1 unspecified atom stereocenters. The maximum absolute atomic E-state index is 9.18. The molecule has 0 radical (unpaired) electrons. The zero-order valence-corrected chi connectivity index (χ0v) is 6.01. The molecule has 5 heteroatoms. The Kier molecular flexibility index (Phi) is 2.80. The molecule has 0 aromatic rings. The molecule has 66 valence electrons. The molecule has 0 aliphatic carbocycles. The molecular formula is C6H13NO4. The van der Waals surface area contributed by atoms with Crippen molar-refractivity contribution in [3.05, 3.63) is 0 Å². The van der Waals surface area contributed by atoms with Crippen LogP contribution >= 0.6 is 0 Å². The first-order valence-corrected chi connectivity index (χ1v) is 3.55. The van der Waals surface area contributed by atoms with Gasteiger partial charge >= 0.3 is 0 Å². The van der Waals surface area contributed by atoms with Crippen LogP contribution in [-0.4, -0.2) is 57.9 Å². The number of β-amino-alcohol motifs (C(OH)–C–C–N with tert-alkyl or cyclic N) is 1. The predicted molar refractivity (Wildman–Crippen MR) is 36.9 cm³/mol. The Bertz CT molecular complexity index is 130. The average Bonchev–Trinajstić information content (AvgIpc) is 2.01. The Morgan fingerprint density at radius 2 is 1.82 bits per heavy atom. The summed E-state index contributed by atoms with van der Waals surface area (Å²) >= 11 is 0. The van der Waals surface area contributed by atoms with Crippen molar-refractivity contribution in [2.24, 2.45) is 0 Å². The Hall–Kier alpha value is -0.200. The van der Waals surface area contributed by atoms with Gasteiger partial charge in [0.1, 0.15) is 6.10 Å². The van der Waals surface area contributed by atoms with E-state index < -0.39 is 24.4 Å². The summed E-state index contributed by atoms with van der Waals surface area (Å²) in [6.07, 6.45) is -3.20. The van der Waals surface area contributed by atoms with Crippen LogP contribution < -0.4 is 5.32 Å². The lowest BCUT2D eigenvalue weighted by Gasteiger charge is -2.34. The van der Waals surface area contributed by atoms with E-state index in [9.17, 15) is 5.11 Å². The van der Waals surface area contributed by atoms with Crippen LogP contribution in [0.1, 0.15) is 0 Å². The van der Waals surface area contributed by atoms with E-state index in [1.807, 2.05) is 0 Å². The standard InChI is InChI=1S/C6H13NO4/c8-2-3-5(10)6(11)4(9)1-7-3/h3-11H,1-2H2/t3?,4-,5-,6+/m1/s1. The van der Waals surface area contributed by atoms with Crippen molar-refractivity contribution in [3.8, 4) is 0 Å². The summed E-state index contributed by atoms with van der Waals surface area (Å²) in [6.45, 7) is -0.0472. The van der Waals surface area contributed by atoms with Crippen molar-refractivity contribution >= 4 is 0 Å². The highest BCUT2D eigenvalue weighted by Gasteiger charge is 2.35. The van der Waals surface area contributed by atoms with E-state index in [4.69, 9.17) is 15.3 Å². The molecule has 0 spiro atoms. The van der Waals surface area contributed by atoms with Crippen molar-refractivity contribution in [1.29, 1.82) is 0 Å². The van der Waals surface area contributed by atoms with E-state index in [-0.39, 0.29) is 13.2 Å². The summed E-state index contributed by atoms with van der Waals surface area (Å²) in [5.41, 5.74) is 0. The molecule has 1 aliphatic rings. The summed E-state index contributed by atoms with van der Waals surface area (Å²) in [6, 6.07) is -0.534. The van der Waals surface area contributed by atoms with Crippen molar-refractivity contribution in [2.75, 3.05) is 13.2 Å². The number of rotatable bonds is 1. The van der Waals surface area contributed by atoms with Crippen LogP contribution in [0.5, 0.6) is 0 Å². The molecule has 5 nitrogen and oxygen atoms in total. The molecule has 1 fully saturated rings. The quantitative estimate of drug-likeness (QED) is 0.285. The molecular weight excluding hydrogens is 150 g/mol. The predicted octanol–water partition coefficient (Wildman–Crippen LogP) is -2.97. The molecule has 1 saturated heterocycles. The first kappa shape index (κ1) is 8.89. The highest BCUT2D eigenvalue weighted by molar-refractivity contribution is 4.91. The number of aliphatic hydroxyl groups is 4. The topological polar surface area (TPSA) is 93.0 Å². The van der Waals surface area contributed by atoms with Crippen LogP contribution in [0, 0.1) is 0 Å². The first-order chi connectivity index (χ1) is 5.16. The largest absolute Gasteiger partial charge is 0.395 e. The lowest BCUT2D eigenvalue weighted by atomic mass is 9.97. The van der Waals surface area contributed by atoms with Gasteiger partial charge in [-0.3, -0.25) is 0 Å². The Morgan fingerprint density at radius 1 is 1.18 bits per heavy atom. The van der Waals surface area contributed by atoms with Crippen molar-refractivity contribution in [3.63, 3.8) is 0 Å². The fourth-order valence-corrected chi connectivity index (χ4v) is 1.15. The number of hydrogen-bond acceptors (Lipinski definition) is 5. The van der Waals surface area contributed by atoms with Gasteiger partial charge in [0, 0.05) is 6.54 Å². The van der Waals surface area contributed by atoms with Gasteiger partial charge in [-0.2, -0.15) is 0 Å². The van der Waals surface area contributed by atoms with E-state index >= 15 is 0 Å². The lowest BCUT2D eigenvalue weighted by Crippen LogP contribution is -2.60. The van der Waals surface area contributed by atoms with Crippen LogP contribution in [0.3, 0.4) is 0 Å². The monoisotopic (exact) mass is 163 g/mol. The van der Waals surface area contributed by atoms with E-state index in [0.29, 0.717) is 0 Å². The Labute approximate surface area is 64.3 Å². The number of nitrogens with one attached hydrogen (secondary N) is 1. The molecule has 1 aliphatic heterocycles. The van der Waals surface area contributed by atoms with Gasteiger partial charge in [0.2, 0.25) is 0 Å². The number of hydrogen-bond donors (Lipinski definition) is 5. The third kappa shape index (κ3) is 1.69. The highest BCUT2D eigenvalue weighted by atomic mass is 16.4. The summed E-state index contributed by atoms with van der Waals surface area (Å²) < 4.78 is 0. The molecule has 0 aromatic heterocycles. The molecule has 0 amide bonds. The molecule has 1 heterocycles. The second kappa shape index (κ2) is 3.46. The SMILES string of the molecule is OCC1NC[C@@H](O)[C@H](O)[C@@H]1O. The zero-order valence-electron chi connectivity index (χ0n) is 6.01. The van der Waals surface area contributed by atoms with Gasteiger partial charge in [-0.05, 0) is 0 Å². The van der Waals surface area contributed by atoms with Gasteiger partial charge in [-0.25, -0.2) is 0 Å². The minimum Gasteiger partial charge on any atom is -0.395 e. The van der Waals surface area contributed by atoms with Crippen LogP contribution in [0.2, 0.25) is 0 Å². The van der Waals surface area contributed by atoms with Crippen LogP contribution in [0.15, 0.2) is 0 Å². The fraction of sp³-hybridized carbons (Fsp3) is 1.00. The summed E-state index contributed by atoms with van der Waals surface area (Å²) in [4.78, 5) is 0. The Morgan fingerprint density at radius 3 is 2.36 bits per heavy atom. The molecule has 0 saturated carbocycles. The zero-order chi connectivity index (χ0) is 8.43. The van der Waals surface area contributed by atoms with Gasteiger partial charge in [-0.15, -0.1) is 0 Å². The highest BCUT2D eigenvalue weighted by Crippen LogP contribution is 2.09. The van der Waals surface area contributed by atoms with E-state index in [1.54, 1.807) is 0 Å². The Balaban J connectivity index is 2.52. The van der Waals surface area contributed by atoms with Crippen LogP contribution in [0.25, 0.3) is 0 Å². The molecule has 0 aromatic carbocycles. The van der Waals surface area contributed by atoms with Crippen molar-refractivity contribution < 1.29 is 20.4 Å². The van der Waals surface area contributed by atoms with Gasteiger partial charge in [0.25, 0.3) is 0 Å². The van der Waals surface area contributed by atoms with Crippen LogP contribution in [-0.2, 0) is 0 Å². The third-order valence-corrected chi connectivity index (χ3v) is 1.94. The summed E-state index contributed by atoms with van der Waals surface area (Å²) in [5.74, 6) is 0. The van der Waals surface area contributed by atoms with E-state index in [2.05, 4.69) is 5.32 Å². The summed E-state index contributed by atoms with van der Waals surface area (Å²) in [5, 5.41) is 38.6. The van der Waals surface area contributed by atoms with Gasteiger partial charge in [0.15, 0.2) is 0 Å². The number of piperidine rings is 1. The average molecular weight is 163 g/mol. The first-order valence-electron chi connectivity index (χ1n) is 3.55. The molecule has 11 heavy (non-hydrogen) atoms. The van der Waals surface area contributed by atoms with Gasteiger partial charge in [0.05, 0.1) is 24.9 Å². The van der Waals surface area contributed by atoms with Crippen molar-refractivity contribution in [2.45, 2.75) is 24.4 Å². The second-order valence-electron chi connectivity index (χ2n) is 2.75. The molecule has 1 rings (SSSR count). The van der Waals surface area contributed by atoms with Gasteiger partial charge < -0.3 is 25.7 Å². The maximum atomic E-state index is 9.18. The maximum Gasteiger partial charge on any atom is 0.109 e. The van der Waals surface area contributed by atoms with Crippen LogP contribution in [0.4, 0.5) is 0 Å². The fourth-order valence-electron chi connectivity index (χ4n) is 1.15. The van der Waals surface area contributed by atoms with Crippen molar-refractivity contribution in [1.82, 2.24) is 5.32 Å². The van der Waals surface area contributed by atoms with Gasteiger partial charge in [-0.1, -0.05) is 0 Å². The van der Waals surface area contributed by atoms with E-state index in [1.165, 1.54) is 0 Å². The molecule has 0 bridgehead atoms. The normalized spacial score (nSPS) is 45.8. The minimum atomic E-state index is -1.16. The smallest absolute Gasteiger partial charge is 0.109 e. The minimum absolute atomic E-state index is 0.198. The summed E-state index contributed by atoms with van der Waals surface area (Å²) in [7, 11) is 0.